The van der Waals surface area contributed by atoms with E-state index in [2.05, 4.69) is 42.1 Å². The van der Waals surface area contributed by atoms with Gasteiger partial charge in [0.2, 0.25) is 0 Å². The number of nitrogens with zero attached hydrogens (tertiary/aromatic N) is 5. The molecular weight excluding hydrogens is 667 g/mol. The van der Waals surface area contributed by atoms with Gasteiger partial charge >= 0.3 is 0 Å². The monoisotopic (exact) mass is 715 g/mol. The Morgan fingerprint density at radius 3 is 2.13 bits per heavy atom. The molecule has 276 valence electrons. The summed E-state index contributed by atoms with van der Waals surface area (Å²) >= 11 is 0. The first-order chi connectivity index (χ1) is 25.8. The molecule has 53 heavy (non-hydrogen) atoms. The van der Waals surface area contributed by atoms with Crippen LogP contribution >= 0.6 is 0 Å². The molecule has 3 fully saturated rings. The summed E-state index contributed by atoms with van der Waals surface area (Å²) in [5, 5.41) is 6.07. The lowest BCUT2D eigenvalue weighted by atomic mass is 9.72. The molecule has 2 saturated heterocycles. The van der Waals surface area contributed by atoms with E-state index in [0.717, 1.165) is 82.8 Å². The van der Waals surface area contributed by atoms with E-state index in [1.165, 1.54) is 11.1 Å². The number of piperidine rings is 1. The molecule has 11 heteroatoms. The number of imidazole rings is 1. The summed E-state index contributed by atoms with van der Waals surface area (Å²) in [6.07, 6.45) is 7.36. The number of likely N-dealkylation sites (tertiary alicyclic amines) is 1. The van der Waals surface area contributed by atoms with Gasteiger partial charge in [-0.05, 0) is 104 Å². The molecule has 0 unspecified atom stereocenters. The smallest absolute Gasteiger partial charge is 0.287 e. The molecule has 1 aromatic heterocycles. The van der Waals surface area contributed by atoms with Crippen molar-refractivity contribution >= 4 is 23.4 Å². The van der Waals surface area contributed by atoms with Gasteiger partial charge in [-0.3, -0.25) is 24.2 Å². The van der Waals surface area contributed by atoms with Gasteiger partial charge < -0.3 is 24.8 Å². The van der Waals surface area contributed by atoms with Crippen LogP contribution in [0.5, 0.6) is 0 Å². The van der Waals surface area contributed by atoms with E-state index >= 15 is 0 Å². The summed E-state index contributed by atoms with van der Waals surface area (Å²) in [5.41, 5.74) is 6.40. The molecule has 11 nitrogen and oxygen atoms in total. The third-order valence-electron chi connectivity index (χ3n) is 11.9. The quantitative estimate of drug-likeness (QED) is 0.231. The summed E-state index contributed by atoms with van der Waals surface area (Å²) in [7, 11) is 3.53. The number of fused-ring (bicyclic) bond motifs is 2. The fourth-order valence-corrected chi connectivity index (χ4v) is 8.41. The van der Waals surface area contributed by atoms with Crippen molar-refractivity contribution in [2.45, 2.75) is 69.2 Å². The minimum atomic E-state index is -0.195. The van der Waals surface area contributed by atoms with Crippen molar-refractivity contribution in [3.05, 3.63) is 118 Å². The van der Waals surface area contributed by atoms with Crippen LogP contribution in [0.15, 0.2) is 79.0 Å². The molecule has 0 bridgehead atoms. The maximum absolute atomic E-state index is 13.4. The highest BCUT2D eigenvalue weighted by atomic mass is 16.5. The maximum Gasteiger partial charge on any atom is 0.287 e. The Morgan fingerprint density at radius 2 is 1.51 bits per heavy atom. The summed E-state index contributed by atoms with van der Waals surface area (Å²) in [6, 6.07) is 24.1. The lowest BCUT2D eigenvalue weighted by Gasteiger charge is -2.53. The first-order valence-corrected chi connectivity index (χ1v) is 19.0. The summed E-state index contributed by atoms with van der Waals surface area (Å²) in [5.74, 6) is 0.642. The van der Waals surface area contributed by atoms with Crippen molar-refractivity contribution in [2.75, 3.05) is 52.3 Å². The van der Waals surface area contributed by atoms with E-state index in [-0.39, 0.29) is 23.3 Å². The normalized spacial score (nSPS) is 18.8. The number of carbonyl (C=O) groups is 3. The standard InChI is InChI=1S/C42H49N7O4/c1-46(2)41(52)34-8-4-30(5-9-34)26-48-22-23-49-37(42(48)18-3-19-42)25-43-38(49)40(51)44-24-29-6-14-35(15-7-29)45-39(50)33-12-10-31(11-13-33)32-16-20-47(21-17-32)36-27-53-28-36/h4-15,25,32,36H,3,16-24,26-28H2,1-2H3,(H,44,51)(H,45,50). The van der Waals surface area contributed by atoms with Crippen molar-refractivity contribution < 1.29 is 19.1 Å². The molecule has 4 aromatic rings. The van der Waals surface area contributed by atoms with Gasteiger partial charge in [0.25, 0.3) is 17.7 Å². The van der Waals surface area contributed by atoms with Crippen LogP contribution in [0.25, 0.3) is 0 Å². The average Bonchev–Trinajstić information content (AvgIpc) is 3.58. The molecular formula is C42H49N7O4. The Labute approximate surface area is 311 Å². The van der Waals surface area contributed by atoms with Gasteiger partial charge in [-0.15, -0.1) is 0 Å². The Hall–Kier alpha value is -4.84. The highest BCUT2D eigenvalue weighted by Crippen LogP contribution is 2.49. The molecule has 3 aromatic carbocycles. The predicted molar refractivity (Wildman–Crippen MR) is 203 cm³/mol. The SMILES string of the molecule is CN(C)C(=O)c1ccc(CN2CCn3c(cnc3C(=O)NCc3ccc(NC(=O)c4ccc(C5CCN(C6COC6)CC5)cc4)cc3)C23CCC3)cc1. The highest BCUT2D eigenvalue weighted by molar-refractivity contribution is 6.04. The van der Waals surface area contributed by atoms with E-state index in [4.69, 9.17) is 4.74 Å². The van der Waals surface area contributed by atoms with Crippen LogP contribution in [0.1, 0.15) is 91.7 Å². The zero-order chi connectivity index (χ0) is 36.5. The van der Waals surface area contributed by atoms with E-state index < -0.39 is 0 Å². The number of hydrogen-bond acceptors (Lipinski definition) is 7. The maximum atomic E-state index is 13.4. The minimum Gasteiger partial charge on any atom is -0.378 e. The van der Waals surface area contributed by atoms with Crippen molar-refractivity contribution in [2.24, 2.45) is 0 Å². The Bertz CT molecular complexity index is 1940. The van der Waals surface area contributed by atoms with Crippen LogP contribution in [0.3, 0.4) is 0 Å². The number of benzene rings is 3. The molecule has 1 spiro atoms. The van der Waals surface area contributed by atoms with Crippen LogP contribution in [-0.4, -0.2) is 95.0 Å². The molecule has 8 rings (SSSR count). The van der Waals surface area contributed by atoms with E-state index in [9.17, 15) is 14.4 Å². The fourth-order valence-electron chi connectivity index (χ4n) is 8.41. The van der Waals surface area contributed by atoms with E-state index in [0.29, 0.717) is 47.7 Å². The number of aromatic nitrogens is 2. The molecule has 3 amide bonds. The first kappa shape index (κ1) is 35.2. The first-order valence-electron chi connectivity index (χ1n) is 19.0. The number of ether oxygens (including phenoxy) is 1. The van der Waals surface area contributed by atoms with E-state index in [1.54, 1.807) is 19.0 Å². The van der Waals surface area contributed by atoms with Gasteiger partial charge in [0, 0.05) is 57.1 Å². The Balaban J connectivity index is 0.834. The van der Waals surface area contributed by atoms with Crippen molar-refractivity contribution in [3.8, 4) is 0 Å². The number of hydrogen-bond donors (Lipinski definition) is 2. The molecule has 0 atom stereocenters. The van der Waals surface area contributed by atoms with Gasteiger partial charge in [-0.25, -0.2) is 4.98 Å². The van der Waals surface area contributed by atoms with E-state index in [1.807, 2.05) is 66.9 Å². The lowest BCUT2D eigenvalue weighted by Crippen LogP contribution is -2.56. The number of anilines is 1. The molecule has 4 heterocycles. The third-order valence-corrected chi connectivity index (χ3v) is 11.9. The van der Waals surface area contributed by atoms with Crippen molar-refractivity contribution in [1.29, 1.82) is 0 Å². The summed E-state index contributed by atoms with van der Waals surface area (Å²) in [4.78, 5) is 50.1. The second kappa shape index (κ2) is 14.9. The lowest BCUT2D eigenvalue weighted by molar-refractivity contribution is -0.0712. The minimum absolute atomic E-state index is 0.000392. The Kier molecular flexibility index (Phi) is 9.89. The molecule has 1 saturated carbocycles. The predicted octanol–water partition coefficient (Wildman–Crippen LogP) is 5.24. The number of amides is 3. The summed E-state index contributed by atoms with van der Waals surface area (Å²) < 4.78 is 7.46. The zero-order valence-electron chi connectivity index (χ0n) is 30.7. The largest absolute Gasteiger partial charge is 0.378 e. The average molecular weight is 716 g/mol. The van der Waals surface area contributed by atoms with Gasteiger partial charge in [-0.1, -0.05) is 36.4 Å². The second-order valence-corrected chi connectivity index (χ2v) is 15.3. The number of nitrogens with one attached hydrogen (secondary N) is 2. The molecule has 2 N–H and O–H groups in total. The number of carbonyl (C=O) groups excluding carboxylic acids is 3. The number of rotatable bonds is 10. The molecule has 0 radical (unpaired) electrons. The zero-order valence-corrected chi connectivity index (χ0v) is 30.7. The van der Waals surface area contributed by atoms with Crippen LogP contribution < -0.4 is 10.6 Å². The van der Waals surface area contributed by atoms with Crippen molar-refractivity contribution in [1.82, 2.24) is 29.6 Å². The summed E-state index contributed by atoms with van der Waals surface area (Å²) in [6.45, 7) is 6.57. The van der Waals surface area contributed by atoms with Crippen LogP contribution in [0, 0.1) is 0 Å². The molecule has 4 aliphatic rings. The molecule has 3 aliphatic heterocycles. The van der Waals surface area contributed by atoms with Gasteiger partial charge in [0.15, 0.2) is 5.82 Å². The van der Waals surface area contributed by atoms with Gasteiger partial charge in [-0.2, -0.15) is 0 Å². The van der Waals surface area contributed by atoms with Crippen molar-refractivity contribution in [3.63, 3.8) is 0 Å². The van der Waals surface area contributed by atoms with Crippen LogP contribution in [0.4, 0.5) is 5.69 Å². The third kappa shape index (κ3) is 7.13. The van der Waals surface area contributed by atoms with Gasteiger partial charge in [0.05, 0.1) is 36.7 Å². The van der Waals surface area contributed by atoms with Crippen LogP contribution in [-0.2, 0) is 29.9 Å². The fraction of sp³-hybridized carbons (Fsp3) is 0.429. The highest BCUT2D eigenvalue weighted by Gasteiger charge is 2.49. The topological polar surface area (TPSA) is 112 Å². The van der Waals surface area contributed by atoms with Gasteiger partial charge in [0.1, 0.15) is 0 Å². The Morgan fingerprint density at radius 1 is 0.830 bits per heavy atom. The molecule has 1 aliphatic carbocycles. The second-order valence-electron chi connectivity index (χ2n) is 15.3. The van der Waals surface area contributed by atoms with Crippen LogP contribution in [0.2, 0.25) is 0 Å².